The average Bonchev–Trinajstić information content (AvgIpc) is 3.97. The molecule has 0 amide bonds. The number of rotatable bonds is 4. The fourth-order valence-electron chi connectivity index (χ4n) is 4.05. The third kappa shape index (κ3) is 16.0. The molecule has 0 radical (unpaired) electrons. The van der Waals surface area contributed by atoms with Crippen LogP contribution < -0.4 is 0 Å². The van der Waals surface area contributed by atoms with Gasteiger partial charge in [0.1, 0.15) is 0 Å². The average molecular weight is 1000 g/mol. The zero-order chi connectivity index (χ0) is 33.6. The second-order valence-electron chi connectivity index (χ2n) is 9.53. The van der Waals surface area contributed by atoms with E-state index in [4.69, 9.17) is 21.4 Å². The van der Waals surface area contributed by atoms with E-state index < -0.39 is 0 Å². The minimum Gasteiger partial charge on any atom is -0.412 e. The van der Waals surface area contributed by atoms with E-state index in [1.54, 1.807) is 21.6 Å². The first-order valence-electron chi connectivity index (χ1n) is 14.1. The quantitative estimate of drug-likeness (QED) is 0.150. The van der Waals surface area contributed by atoms with E-state index in [1.165, 1.54) is 43.2 Å². The van der Waals surface area contributed by atoms with E-state index in [1.807, 2.05) is 75.5 Å². The van der Waals surface area contributed by atoms with Gasteiger partial charge in [0.25, 0.3) is 0 Å². The van der Waals surface area contributed by atoms with Crippen molar-refractivity contribution in [2.24, 2.45) is 0 Å². The largest absolute Gasteiger partial charge is 0.412 e. The third-order valence-corrected chi connectivity index (χ3v) is 20.9. The van der Waals surface area contributed by atoms with Gasteiger partial charge in [-0.25, -0.2) is 0 Å². The molecule has 0 aromatic heterocycles. The lowest BCUT2D eigenvalue weighted by Crippen LogP contribution is -1.79. The molecule has 51 heavy (non-hydrogen) atoms. The summed E-state index contributed by atoms with van der Waals surface area (Å²) in [4.78, 5) is 2.63. The Morgan fingerprint density at radius 3 is 1.20 bits per heavy atom. The van der Waals surface area contributed by atoms with Crippen molar-refractivity contribution in [2.75, 3.05) is 0 Å². The summed E-state index contributed by atoms with van der Waals surface area (Å²) < 4.78 is 0. The van der Waals surface area contributed by atoms with Gasteiger partial charge in [-0.05, 0) is 157 Å². The Hall–Kier alpha value is -0.460. The molecule has 15 heteroatoms. The summed E-state index contributed by atoms with van der Waals surface area (Å²) in [5.41, 5.74) is 7.71. The molecule has 4 aromatic rings. The molecular formula is C36H34Br2Cl2O3S8. The highest BCUT2D eigenvalue weighted by molar-refractivity contribution is 9.65. The van der Waals surface area contributed by atoms with E-state index >= 15 is 0 Å². The Kier molecular flexibility index (Phi) is 23.4. The lowest BCUT2D eigenvalue weighted by atomic mass is 10.1. The Morgan fingerprint density at radius 1 is 0.431 bits per heavy atom. The molecule has 0 aliphatic carbocycles. The van der Waals surface area contributed by atoms with E-state index in [-0.39, 0.29) is 49.8 Å². The molecule has 4 heterocycles. The molecule has 0 saturated carbocycles. The van der Waals surface area contributed by atoms with Crippen LogP contribution in [-0.4, -0.2) is 37.9 Å². The summed E-state index contributed by atoms with van der Waals surface area (Å²) in [7, 11) is 19.1. The normalized spacial score (nSPS) is 20.5. The van der Waals surface area contributed by atoms with E-state index in [0.717, 1.165) is 0 Å². The van der Waals surface area contributed by atoms with Crippen molar-refractivity contribution in [3.8, 4) is 0 Å². The zero-order valence-corrected chi connectivity index (χ0v) is 37.7. The lowest BCUT2D eigenvalue weighted by molar-refractivity contribution is 0.823. The molecule has 4 aliphatic heterocycles. The van der Waals surface area contributed by atoms with Gasteiger partial charge in [-0.3, -0.25) is 0 Å². The number of hydrogen-bond acceptors (Lipinski definition) is 4. The molecule has 0 spiro atoms. The molecule has 8 rings (SSSR count). The predicted molar refractivity (Wildman–Crippen MR) is 263 cm³/mol. The van der Waals surface area contributed by atoms with Crippen LogP contribution in [0.15, 0.2) is 144 Å². The van der Waals surface area contributed by atoms with Gasteiger partial charge in [-0.2, -0.15) is 0 Å². The topological polar surface area (TPSA) is 94.5 Å². The molecule has 4 aromatic carbocycles. The molecule has 4 atom stereocenters. The molecule has 6 N–H and O–H groups in total. The molecule has 0 fully saturated rings. The Labute approximate surface area is 348 Å². The van der Waals surface area contributed by atoms with Gasteiger partial charge in [0.05, 0.1) is 0 Å². The SMILES string of the molecule is BrS1=CC(c2ccccc2)=CS1.BrS1=CC=C(c2ccccc2)S1.ClS1=CC(c2ccccc2)=CS1.ClS1=CC=C(c2ccccc2)S1.O.O.O. The smallest absolute Gasteiger partial charge is 0.0267 e. The van der Waals surface area contributed by atoms with E-state index in [2.05, 4.69) is 141 Å². The fourth-order valence-corrected chi connectivity index (χ4v) is 16.8. The predicted octanol–water partition coefficient (Wildman–Crippen LogP) is 13.5. The maximum Gasteiger partial charge on any atom is 0.0267 e. The Morgan fingerprint density at radius 2 is 0.843 bits per heavy atom. The molecular weight excluding hydrogens is 968 g/mol. The number of halogens is 4. The van der Waals surface area contributed by atoms with Crippen molar-refractivity contribution in [1.82, 2.24) is 0 Å². The van der Waals surface area contributed by atoms with Crippen LogP contribution in [0, 0.1) is 0 Å². The van der Waals surface area contributed by atoms with Gasteiger partial charge >= 0.3 is 0 Å². The summed E-state index contributed by atoms with van der Waals surface area (Å²) >= 11 is 7.12. The molecule has 4 aliphatic rings. The van der Waals surface area contributed by atoms with Gasteiger partial charge in [-0.15, -0.1) is 0 Å². The summed E-state index contributed by atoms with van der Waals surface area (Å²) in [5, 5.41) is 12.9. The molecule has 4 unspecified atom stereocenters. The van der Waals surface area contributed by atoms with Crippen LogP contribution in [0.25, 0.3) is 21.0 Å². The van der Waals surface area contributed by atoms with Gasteiger partial charge in [0.15, 0.2) is 0 Å². The first-order chi connectivity index (χ1) is 23.4. The van der Waals surface area contributed by atoms with Gasteiger partial charge in [-0.1, -0.05) is 170 Å². The molecule has 272 valence electrons. The zero-order valence-electron chi connectivity index (χ0n) is 26.4. The first-order valence-corrected chi connectivity index (χ1v) is 30.1. The maximum atomic E-state index is 5.94. The summed E-state index contributed by atoms with van der Waals surface area (Å²) in [6.07, 6.45) is 4.27. The molecule has 3 nitrogen and oxygen atoms in total. The van der Waals surface area contributed by atoms with E-state index in [9.17, 15) is 0 Å². The van der Waals surface area contributed by atoms with Crippen LogP contribution in [0.3, 0.4) is 0 Å². The van der Waals surface area contributed by atoms with Crippen molar-refractivity contribution in [1.29, 1.82) is 0 Å². The Balaban J connectivity index is 0.000000231. The first kappa shape index (κ1) is 46.7. The van der Waals surface area contributed by atoms with Crippen molar-refractivity contribution in [3.63, 3.8) is 0 Å². The maximum absolute atomic E-state index is 5.94. The van der Waals surface area contributed by atoms with Gasteiger partial charge < -0.3 is 16.4 Å². The highest BCUT2D eigenvalue weighted by Crippen LogP contribution is 2.50. The number of hydrogen-bond donors (Lipinski definition) is 0. The van der Waals surface area contributed by atoms with Crippen LogP contribution in [0.1, 0.15) is 22.3 Å². The lowest BCUT2D eigenvalue weighted by Gasteiger charge is -1.99. The molecule has 0 bridgehead atoms. The second-order valence-corrected chi connectivity index (χ2v) is 30.9. The monoisotopic (exact) mass is 998 g/mol. The van der Waals surface area contributed by atoms with Crippen molar-refractivity contribution in [3.05, 3.63) is 167 Å². The third-order valence-electron chi connectivity index (χ3n) is 6.30. The highest BCUT2D eigenvalue weighted by atomic mass is 79.9. The number of allylic oxidation sites excluding steroid dienone is 4. The standard InChI is InChI=1S/2C9H7BrS2.2C9H7ClS2.3H2O/c10-12-7-9(6-11-12)8-4-2-1-3-5-8;10-12-7-6-9(11-12)8-4-2-1-3-5-8;10-12-7-9(6-11-12)8-4-2-1-3-5-8;10-12-7-6-9(11-12)8-4-2-1-3-5-8;;;/h4*1-7H;3*1H2. The minimum atomic E-state index is -0.132. The van der Waals surface area contributed by atoms with Crippen LogP contribution >= 0.6 is 128 Å². The minimum absolute atomic E-state index is 0. The summed E-state index contributed by atoms with van der Waals surface area (Å²) in [5.74, 6) is 0. The summed E-state index contributed by atoms with van der Waals surface area (Å²) in [6, 6.07) is 41.5. The van der Waals surface area contributed by atoms with Crippen LogP contribution in [0.2, 0.25) is 0 Å². The second kappa shape index (κ2) is 25.6. The van der Waals surface area contributed by atoms with E-state index in [0.29, 0.717) is 0 Å². The fraction of sp³-hybridized carbons (Fsp3) is 0. The molecule has 0 saturated heterocycles. The van der Waals surface area contributed by atoms with Crippen LogP contribution in [0.4, 0.5) is 0 Å². The van der Waals surface area contributed by atoms with Crippen LogP contribution in [-0.2, 0) is 0 Å². The highest BCUT2D eigenvalue weighted by Gasteiger charge is 2.09. The van der Waals surface area contributed by atoms with Crippen LogP contribution in [0.5, 0.6) is 0 Å². The van der Waals surface area contributed by atoms with Crippen molar-refractivity contribution in [2.45, 2.75) is 0 Å². The number of benzene rings is 4. The Bertz CT molecular complexity index is 1810. The summed E-state index contributed by atoms with van der Waals surface area (Å²) in [6.45, 7) is 0. The van der Waals surface area contributed by atoms with Crippen molar-refractivity contribution < 1.29 is 16.4 Å². The van der Waals surface area contributed by atoms with Gasteiger partial charge in [0.2, 0.25) is 0 Å². The van der Waals surface area contributed by atoms with Gasteiger partial charge in [0, 0.05) is 9.81 Å². The van der Waals surface area contributed by atoms with Crippen molar-refractivity contribution >= 4 is 170 Å².